The number of rotatable bonds is 11. The Kier molecular flexibility index (Phi) is 12.1. The standard InChI is InChI=1S/C33H48FN7O4/c1-5-28(42)37-29(33(45)40-19-17-39(4)18-20-40)22(3)24-13-14-26(25(34)21-24)36-32(44)30(23-11-9-7-8-10-12-23)38-31(43)27-15-16-35-41(27)6-2/h13-16,21-23,29-30H,5-12,17-20H2,1-4H3,(H,36,44)(H,37,42)(H,38,43)/t22-,29+,30?/m0/s1. The van der Waals surface area contributed by atoms with E-state index in [1.54, 1.807) is 41.8 Å². The van der Waals surface area contributed by atoms with Gasteiger partial charge in [-0.25, -0.2) is 4.39 Å². The van der Waals surface area contributed by atoms with Crippen LogP contribution in [-0.2, 0) is 20.9 Å². The number of halogens is 1. The first kappa shape index (κ1) is 34.1. The van der Waals surface area contributed by atoms with Crippen LogP contribution in [0.4, 0.5) is 10.1 Å². The third-order valence-corrected chi connectivity index (χ3v) is 9.18. The van der Waals surface area contributed by atoms with Gasteiger partial charge in [0.25, 0.3) is 5.91 Å². The van der Waals surface area contributed by atoms with Gasteiger partial charge >= 0.3 is 0 Å². The second kappa shape index (κ2) is 16.0. The normalized spacial score (nSPS) is 18.4. The van der Waals surface area contributed by atoms with E-state index >= 15 is 4.39 Å². The Hall–Kier alpha value is -3.80. The summed E-state index contributed by atoms with van der Waals surface area (Å²) in [7, 11) is 2.00. The van der Waals surface area contributed by atoms with Crippen LogP contribution in [0, 0.1) is 11.7 Å². The topological polar surface area (TPSA) is 129 Å². The lowest BCUT2D eigenvalue weighted by Crippen LogP contribution is -2.55. The summed E-state index contributed by atoms with van der Waals surface area (Å²) >= 11 is 0. The number of likely N-dealkylation sites (N-methyl/N-ethyl adjacent to an activating group) is 1. The first-order chi connectivity index (χ1) is 21.6. The number of amides is 4. The Morgan fingerprint density at radius 3 is 2.29 bits per heavy atom. The molecular weight excluding hydrogens is 577 g/mol. The fourth-order valence-corrected chi connectivity index (χ4v) is 6.25. The Bertz CT molecular complexity index is 1330. The Balaban J connectivity index is 1.52. The quantitative estimate of drug-likeness (QED) is 0.328. The zero-order chi connectivity index (χ0) is 32.5. The summed E-state index contributed by atoms with van der Waals surface area (Å²) in [5, 5.41) is 12.7. The number of carbonyl (C=O) groups excluding carboxylic acids is 4. The molecular formula is C33H48FN7O4. The maximum Gasteiger partial charge on any atom is 0.270 e. The largest absolute Gasteiger partial charge is 0.344 e. The minimum absolute atomic E-state index is 0.0121. The molecule has 246 valence electrons. The van der Waals surface area contributed by atoms with Crippen molar-refractivity contribution in [2.45, 2.75) is 90.3 Å². The van der Waals surface area contributed by atoms with Crippen molar-refractivity contribution in [3.63, 3.8) is 0 Å². The fourth-order valence-electron chi connectivity index (χ4n) is 6.25. The van der Waals surface area contributed by atoms with Crippen molar-refractivity contribution < 1.29 is 23.6 Å². The van der Waals surface area contributed by atoms with Gasteiger partial charge in [-0.2, -0.15) is 5.10 Å². The lowest BCUT2D eigenvalue weighted by Gasteiger charge is -2.36. The molecule has 1 aliphatic carbocycles. The monoisotopic (exact) mass is 625 g/mol. The zero-order valence-electron chi connectivity index (χ0n) is 27.0. The molecule has 2 aliphatic rings. The average molecular weight is 626 g/mol. The molecule has 3 N–H and O–H groups in total. The molecule has 1 aromatic carbocycles. The molecule has 1 saturated heterocycles. The summed E-state index contributed by atoms with van der Waals surface area (Å²) < 4.78 is 17.2. The maximum atomic E-state index is 15.6. The number of piperazine rings is 1. The van der Waals surface area contributed by atoms with Crippen LogP contribution in [0.5, 0.6) is 0 Å². The highest BCUT2D eigenvalue weighted by atomic mass is 19.1. The van der Waals surface area contributed by atoms with Crippen molar-refractivity contribution in [2.24, 2.45) is 5.92 Å². The molecule has 2 heterocycles. The molecule has 45 heavy (non-hydrogen) atoms. The molecule has 1 aliphatic heterocycles. The first-order valence-electron chi connectivity index (χ1n) is 16.3. The SMILES string of the molecule is CCC(=O)N[C@@H](C(=O)N1CCN(C)CC1)[C@@H](C)c1ccc(NC(=O)C(NC(=O)c2ccnn2CC)C2CCCCCC2)c(F)c1. The first-order valence-corrected chi connectivity index (χ1v) is 16.3. The fraction of sp³-hybridized carbons (Fsp3) is 0.606. The molecule has 0 spiro atoms. The molecule has 1 saturated carbocycles. The number of benzene rings is 1. The van der Waals surface area contributed by atoms with Crippen LogP contribution in [0.15, 0.2) is 30.5 Å². The highest BCUT2D eigenvalue weighted by molar-refractivity contribution is 6.00. The van der Waals surface area contributed by atoms with Gasteiger partial charge in [0.15, 0.2) is 0 Å². The van der Waals surface area contributed by atoms with Crippen LogP contribution in [-0.4, -0.2) is 88.5 Å². The lowest BCUT2D eigenvalue weighted by molar-refractivity contribution is -0.138. The maximum absolute atomic E-state index is 15.6. The van der Waals surface area contributed by atoms with Crippen molar-refractivity contribution in [2.75, 3.05) is 38.5 Å². The molecule has 0 bridgehead atoms. The molecule has 4 amide bonds. The van der Waals surface area contributed by atoms with Gasteiger partial charge in [0.05, 0.1) is 5.69 Å². The van der Waals surface area contributed by atoms with Crippen molar-refractivity contribution >= 4 is 29.3 Å². The molecule has 2 fully saturated rings. The summed E-state index contributed by atoms with van der Waals surface area (Å²) in [5.41, 5.74) is 0.877. The third kappa shape index (κ3) is 8.68. The molecule has 2 aromatic rings. The van der Waals surface area contributed by atoms with E-state index in [0.717, 1.165) is 51.6 Å². The van der Waals surface area contributed by atoms with E-state index in [1.165, 1.54) is 12.1 Å². The summed E-state index contributed by atoms with van der Waals surface area (Å²) in [5.74, 6) is -2.58. The van der Waals surface area contributed by atoms with Crippen LogP contribution in [0.25, 0.3) is 0 Å². The summed E-state index contributed by atoms with van der Waals surface area (Å²) in [6.45, 7) is 8.49. The van der Waals surface area contributed by atoms with Gasteiger partial charge in [-0.3, -0.25) is 23.9 Å². The van der Waals surface area contributed by atoms with E-state index < -0.39 is 35.6 Å². The zero-order valence-corrected chi connectivity index (χ0v) is 27.0. The van der Waals surface area contributed by atoms with Gasteiger partial charge in [-0.15, -0.1) is 0 Å². The van der Waals surface area contributed by atoms with E-state index in [-0.39, 0.29) is 29.8 Å². The molecule has 1 unspecified atom stereocenters. The van der Waals surface area contributed by atoms with Gasteiger partial charge in [0, 0.05) is 51.3 Å². The average Bonchev–Trinajstić information content (AvgIpc) is 3.37. The molecule has 1 aromatic heterocycles. The Morgan fingerprint density at radius 1 is 0.978 bits per heavy atom. The van der Waals surface area contributed by atoms with Crippen LogP contribution in [0.1, 0.15) is 87.7 Å². The van der Waals surface area contributed by atoms with Crippen LogP contribution < -0.4 is 16.0 Å². The lowest BCUT2D eigenvalue weighted by atomic mass is 9.90. The highest BCUT2D eigenvalue weighted by Gasteiger charge is 2.34. The van der Waals surface area contributed by atoms with Gasteiger partial charge in [0.2, 0.25) is 17.7 Å². The van der Waals surface area contributed by atoms with E-state index in [0.29, 0.717) is 30.9 Å². The number of hydrogen-bond donors (Lipinski definition) is 3. The van der Waals surface area contributed by atoms with E-state index in [9.17, 15) is 19.2 Å². The predicted molar refractivity (Wildman–Crippen MR) is 170 cm³/mol. The third-order valence-electron chi connectivity index (χ3n) is 9.18. The number of carbonyl (C=O) groups is 4. The minimum atomic E-state index is -0.855. The van der Waals surface area contributed by atoms with Gasteiger partial charge in [0.1, 0.15) is 23.6 Å². The second-order valence-corrected chi connectivity index (χ2v) is 12.3. The minimum Gasteiger partial charge on any atom is -0.344 e. The highest BCUT2D eigenvalue weighted by Crippen LogP contribution is 2.29. The Morgan fingerprint density at radius 2 is 1.67 bits per heavy atom. The number of nitrogens with zero attached hydrogens (tertiary/aromatic N) is 4. The molecule has 12 heteroatoms. The van der Waals surface area contributed by atoms with Crippen molar-refractivity contribution in [1.29, 1.82) is 0 Å². The van der Waals surface area contributed by atoms with E-state index in [1.807, 2.05) is 14.0 Å². The molecule has 4 rings (SSSR count). The van der Waals surface area contributed by atoms with Crippen molar-refractivity contribution in [3.05, 3.63) is 47.5 Å². The predicted octanol–water partition coefficient (Wildman–Crippen LogP) is 3.52. The van der Waals surface area contributed by atoms with Crippen LogP contribution in [0.3, 0.4) is 0 Å². The summed E-state index contributed by atoms with van der Waals surface area (Å²) in [4.78, 5) is 56.7. The number of anilines is 1. The second-order valence-electron chi connectivity index (χ2n) is 12.3. The number of nitrogens with one attached hydrogen (secondary N) is 3. The van der Waals surface area contributed by atoms with Gasteiger partial charge in [-0.05, 0) is 56.5 Å². The summed E-state index contributed by atoms with van der Waals surface area (Å²) in [6, 6.07) is 4.38. The van der Waals surface area contributed by atoms with Crippen molar-refractivity contribution in [1.82, 2.24) is 30.2 Å². The van der Waals surface area contributed by atoms with Crippen LogP contribution >= 0.6 is 0 Å². The van der Waals surface area contributed by atoms with Crippen molar-refractivity contribution in [3.8, 4) is 0 Å². The van der Waals surface area contributed by atoms with Gasteiger partial charge in [-0.1, -0.05) is 45.6 Å². The Labute approximate surface area is 265 Å². The summed E-state index contributed by atoms with van der Waals surface area (Å²) in [6.07, 6.45) is 7.42. The number of aryl methyl sites for hydroxylation is 1. The molecule has 11 nitrogen and oxygen atoms in total. The molecule has 0 radical (unpaired) electrons. The number of aromatic nitrogens is 2. The number of hydrogen-bond acceptors (Lipinski definition) is 6. The van der Waals surface area contributed by atoms with Crippen LogP contribution in [0.2, 0.25) is 0 Å². The van der Waals surface area contributed by atoms with E-state index in [2.05, 4.69) is 25.9 Å². The smallest absolute Gasteiger partial charge is 0.270 e. The van der Waals surface area contributed by atoms with Gasteiger partial charge < -0.3 is 25.8 Å². The molecule has 3 atom stereocenters. The van der Waals surface area contributed by atoms with E-state index in [4.69, 9.17) is 0 Å².